The Kier molecular flexibility index (Phi) is 13.3. The van der Waals surface area contributed by atoms with Crippen LogP contribution in [0.2, 0.25) is 0 Å². The minimum Gasteiger partial charge on any atom is -0.493 e. The highest BCUT2D eigenvalue weighted by Gasteiger charge is 2.16. The summed E-state index contributed by atoms with van der Waals surface area (Å²) in [5, 5.41) is 4.41. The summed E-state index contributed by atoms with van der Waals surface area (Å²) in [6.07, 6.45) is 6.67. The molecule has 1 aromatic heterocycles. The summed E-state index contributed by atoms with van der Waals surface area (Å²) in [5.74, 6) is 0.881. The van der Waals surface area contributed by atoms with Gasteiger partial charge in [-0.15, -0.1) is 16.9 Å². The van der Waals surface area contributed by atoms with Gasteiger partial charge >= 0.3 is 11.7 Å². The average molecular weight is 535 g/mol. The van der Waals surface area contributed by atoms with E-state index in [-0.39, 0.29) is 16.8 Å². The molecule has 0 saturated carbocycles. The smallest absolute Gasteiger partial charge is 0.346 e. The Hall–Kier alpha value is -2.75. The summed E-state index contributed by atoms with van der Waals surface area (Å²) in [7, 11) is 3.05. The molecule has 1 heterocycles. The van der Waals surface area contributed by atoms with E-state index in [9.17, 15) is 14.4 Å². The number of hydrogen-bond acceptors (Lipinski definition) is 8. The summed E-state index contributed by atoms with van der Waals surface area (Å²) in [6, 6.07) is 7.86. The fourth-order valence-electron chi connectivity index (χ4n) is 3.77. The number of anilines is 1. The largest absolute Gasteiger partial charge is 0.493 e. The molecule has 0 saturated heterocycles. The summed E-state index contributed by atoms with van der Waals surface area (Å²) >= 11 is 1.63. The van der Waals surface area contributed by atoms with E-state index >= 15 is 0 Å². The maximum atomic E-state index is 12.8. The monoisotopic (exact) mass is 534 g/mol. The minimum absolute atomic E-state index is 0.133. The van der Waals surface area contributed by atoms with Crippen molar-refractivity contribution in [1.82, 2.24) is 14.3 Å². The topological polar surface area (TPSA) is 95.7 Å². The zero-order valence-corrected chi connectivity index (χ0v) is 23.7. The molecular formula is C27H42N4O5S. The van der Waals surface area contributed by atoms with E-state index in [1.807, 2.05) is 36.1 Å². The summed E-state index contributed by atoms with van der Waals surface area (Å²) in [5.41, 5.74) is -0.809. The number of carbonyl (C=O) groups is 1. The molecule has 0 N–H and O–H groups in total. The SMILES string of the molecule is CCCCCCCN(CCCOc1cccc(SC(C)COC(=O)CC)c1)c1nn(C)c(=O)n(C)c1=O. The highest BCUT2D eigenvalue weighted by molar-refractivity contribution is 8.00. The molecule has 0 aliphatic carbocycles. The molecule has 0 radical (unpaired) electrons. The van der Waals surface area contributed by atoms with Crippen molar-refractivity contribution in [3.63, 3.8) is 0 Å². The first-order chi connectivity index (χ1) is 17.8. The minimum atomic E-state index is -0.435. The predicted octanol–water partition coefficient (Wildman–Crippen LogP) is 4.16. The van der Waals surface area contributed by atoms with E-state index in [1.54, 1.807) is 25.7 Å². The fraction of sp³-hybridized carbons (Fsp3) is 0.630. The van der Waals surface area contributed by atoms with Crippen molar-refractivity contribution in [1.29, 1.82) is 0 Å². The summed E-state index contributed by atoms with van der Waals surface area (Å²) in [6.45, 7) is 8.15. The van der Waals surface area contributed by atoms with Crippen molar-refractivity contribution in [3.8, 4) is 5.75 Å². The van der Waals surface area contributed by atoms with Crippen molar-refractivity contribution < 1.29 is 14.3 Å². The van der Waals surface area contributed by atoms with Gasteiger partial charge in [0.1, 0.15) is 12.4 Å². The second kappa shape index (κ2) is 16.2. The molecule has 9 nitrogen and oxygen atoms in total. The highest BCUT2D eigenvalue weighted by Crippen LogP contribution is 2.27. The second-order valence-corrected chi connectivity index (χ2v) is 10.6. The van der Waals surface area contributed by atoms with E-state index in [0.29, 0.717) is 45.0 Å². The van der Waals surface area contributed by atoms with Gasteiger partial charge in [-0.3, -0.25) is 14.2 Å². The lowest BCUT2D eigenvalue weighted by molar-refractivity contribution is -0.143. The second-order valence-electron chi connectivity index (χ2n) is 9.14. The van der Waals surface area contributed by atoms with Crippen LogP contribution in [0.15, 0.2) is 38.8 Å². The third-order valence-electron chi connectivity index (χ3n) is 5.89. The summed E-state index contributed by atoms with van der Waals surface area (Å²) < 4.78 is 13.5. The summed E-state index contributed by atoms with van der Waals surface area (Å²) in [4.78, 5) is 39.3. The van der Waals surface area contributed by atoms with Gasteiger partial charge in [0, 0.05) is 43.8 Å². The first-order valence-corrected chi connectivity index (χ1v) is 14.1. The third-order valence-corrected chi connectivity index (χ3v) is 6.95. The molecule has 1 aromatic carbocycles. The molecule has 0 aliphatic rings. The molecule has 2 rings (SSSR count). The highest BCUT2D eigenvalue weighted by atomic mass is 32.2. The fourth-order valence-corrected chi connectivity index (χ4v) is 4.71. The quantitative estimate of drug-likeness (QED) is 0.170. The number of unbranched alkanes of at least 4 members (excludes halogenated alkanes) is 4. The van der Waals surface area contributed by atoms with Gasteiger partial charge in [-0.2, -0.15) is 0 Å². The molecular weight excluding hydrogens is 492 g/mol. The van der Waals surface area contributed by atoms with Crippen molar-refractivity contribution in [2.45, 2.75) is 75.9 Å². The van der Waals surface area contributed by atoms with Crippen molar-refractivity contribution >= 4 is 23.5 Å². The van der Waals surface area contributed by atoms with Crippen molar-refractivity contribution in [2.24, 2.45) is 14.1 Å². The lowest BCUT2D eigenvalue weighted by Crippen LogP contribution is -2.43. The number of benzene rings is 1. The first-order valence-electron chi connectivity index (χ1n) is 13.2. The molecule has 37 heavy (non-hydrogen) atoms. The zero-order valence-electron chi connectivity index (χ0n) is 22.9. The predicted molar refractivity (Wildman–Crippen MR) is 149 cm³/mol. The van der Waals surface area contributed by atoms with Crippen LogP contribution >= 0.6 is 11.8 Å². The van der Waals surface area contributed by atoms with Gasteiger partial charge in [0.05, 0.1) is 6.61 Å². The molecule has 0 fully saturated rings. The van der Waals surface area contributed by atoms with Gasteiger partial charge in [0.15, 0.2) is 0 Å². The van der Waals surface area contributed by atoms with E-state index in [1.165, 1.54) is 31.0 Å². The molecule has 206 valence electrons. The van der Waals surface area contributed by atoms with E-state index in [0.717, 1.165) is 28.1 Å². The Morgan fingerprint density at radius 2 is 1.81 bits per heavy atom. The number of nitrogens with zero attached hydrogens (tertiary/aromatic N) is 4. The van der Waals surface area contributed by atoms with Crippen LogP contribution in [0.4, 0.5) is 5.82 Å². The number of carbonyl (C=O) groups excluding carboxylic acids is 1. The van der Waals surface area contributed by atoms with Crippen LogP contribution in [0.1, 0.15) is 65.7 Å². The van der Waals surface area contributed by atoms with Crippen molar-refractivity contribution in [3.05, 3.63) is 45.1 Å². The van der Waals surface area contributed by atoms with Gasteiger partial charge in [-0.1, -0.05) is 45.6 Å². The van der Waals surface area contributed by atoms with E-state index in [2.05, 4.69) is 12.0 Å². The lowest BCUT2D eigenvalue weighted by atomic mass is 10.1. The molecule has 2 aromatic rings. The Morgan fingerprint density at radius 3 is 2.54 bits per heavy atom. The van der Waals surface area contributed by atoms with Crippen LogP contribution < -0.4 is 20.9 Å². The number of aromatic nitrogens is 3. The molecule has 1 atom stereocenters. The van der Waals surface area contributed by atoms with Crippen LogP contribution in [0.5, 0.6) is 5.75 Å². The van der Waals surface area contributed by atoms with Gasteiger partial charge in [-0.25, -0.2) is 9.48 Å². The van der Waals surface area contributed by atoms with Gasteiger partial charge in [0.25, 0.3) is 5.56 Å². The number of esters is 1. The van der Waals surface area contributed by atoms with E-state index < -0.39 is 5.69 Å². The Balaban J connectivity index is 1.95. The average Bonchev–Trinajstić information content (AvgIpc) is 2.89. The molecule has 10 heteroatoms. The maximum Gasteiger partial charge on any atom is 0.346 e. The van der Waals surface area contributed by atoms with Gasteiger partial charge in [0.2, 0.25) is 5.82 Å². The molecule has 0 bridgehead atoms. The number of rotatable bonds is 17. The third kappa shape index (κ3) is 10.3. The Labute approximate surface area is 224 Å². The normalized spacial score (nSPS) is 11.8. The molecule has 1 unspecified atom stereocenters. The molecule has 0 amide bonds. The lowest BCUT2D eigenvalue weighted by Gasteiger charge is -2.23. The van der Waals surface area contributed by atoms with Crippen LogP contribution in [0.25, 0.3) is 0 Å². The first kappa shape index (κ1) is 30.5. The zero-order chi connectivity index (χ0) is 27.2. The standard InChI is InChI=1S/C27H42N4O5S/c1-6-8-9-10-11-16-31(25-26(33)29(4)27(34)30(5)28-25)17-13-18-35-22-14-12-15-23(19-22)37-21(3)20-36-24(32)7-2/h12,14-15,19,21H,6-11,13,16-18,20H2,1-5H3. The van der Waals surface area contributed by atoms with Crippen LogP contribution in [0, 0.1) is 0 Å². The maximum absolute atomic E-state index is 12.8. The van der Waals surface area contributed by atoms with Gasteiger partial charge < -0.3 is 14.4 Å². The Morgan fingerprint density at radius 1 is 1.08 bits per heavy atom. The van der Waals surface area contributed by atoms with Crippen molar-refractivity contribution in [2.75, 3.05) is 31.2 Å². The Bertz CT molecular complexity index is 1100. The van der Waals surface area contributed by atoms with Crippen LogP contribution in [-0.4, -0.2) is 51.9 Å². The molecule has 0 spiro atoms. The number of aryl methyl sites for hydroxylation is 1. The molecule has 0 aliphatic heterocycles. The van der Waals surface area contributed by atoms with Crippen LogP contribution in [-0.2, 0) is 23.6 Å². The number of ether oxygens (including phenoxy) is 2. The van der Waals surface area contributed by atoms with E-state index in [4.69, 9.17) is 9.47 Å². The number of hydrogen-bond donors (Lipinski definition) is 0. The van der Waals surface area contributed by atoms with Gasteiger partial charge in [-0.05, 0) is 38.0 Å². The number of thioether (sulfide) groups is 1. The van der Waals surface area contributed by atoms with Crippen LogP contribution in [0.3, 0.4) is 0 Å².